The maximum atomic E-state index is 13.1. The number of halogens is 3. The van der Waals surface area contributed by atoms with Crippen molar-refractivity contribution in [2.45, 2.75) is 13.1 Å². The predicted octanol–water partition coefficient (Wildman–Crippen LogP) is 4.33. The summed E-state index contributed by atoms with van der Waals surface area (Å²) in [6.07, 6.45) is -4.48. The average molecular weight is 808 g/mol. The molecule has 0 bridgehead atoms. The fraction of sp³-hybridized carbons (Fsp3) is 0.632. The highest BCUT2D eigenvalue weighted by molar-refractivity contribution is 5.96. The molecule has 0 spiro atoms. The number of hydrogen-bond acceptors (Lipinski definition) is 15. The molecule has 0 heterocycles. The Morgan fingerprint density at radius 2 is 0.839 bits per heavy atom. The molecule has 0 amide bonds. The molecule has 0 fully saturated rings. The molecule has 1 N–H and O–H groups in total. The first-order valence-corrected chi connectivity index (χ1v) is 18.4. The van der Waals surface area contributed by atoms with Crippen LogP contribution < -0.4 is 5.32 Å². The minimum absolute atomic E-state index is 0.00730. The summed E-state index contributed by atoms with van der Waals surface area (Å²) in [7, 11) is 0. The van der Waals surface area contributed by atoms with Gasteiger partial charge in [0.1, 0.15) is 13.2 Å². The van der Waals surface area contributed by atoms with Crippen LogP contribution in [0.1, 0.15) is 22.8 Å². The number of para-hydroxylation sites is 1. The van der Waals surface area contributed by atoms with Crippen LogP contribution in [0.4, 0.5) is 24.5 Å². The number of ether oxygens (including phenoxy) is 12. The molecule has 0 aliphatic rings. The first-order valence-electron chi connectivity index (χ1n) is 18.4. The Kier molecular flexibility index (Phi) is 28.4. The first kappa shape index (κ1) is 48.7. The van der Waals surface area contributed by atoms with E-state index in [-0.39, 0.29) is 37.0 Å². The van der Waals surface area contributed by atoms with E-state index >= 15 is 0 Å². The third kappa shape index (κ3) is 26.4. The van der Waals surface area contributed by atoms with Gasteiger partial charge in [0.25, 0.3) is 0 Å². The average Bonchev–Trinajstić information content (AvgIpc) is 3.18. The van der Waals surface area contributed by atoms with Gasteiger partial charge in [0.05, 0.1) is 149 Å². The summed E-state index contributed by atoms with van der Waals surface area (Å²) in [6.45, 7) is 9.75. The van der Waals surface area contributed by atoms with Gasteiger partial charge in [-0.1, -0.05) is 18.2 Å². The van der Waals surface area contributed by atoms with Crippen molar-refractivity contribution in [2.24, 2.45) is 0 Å². The highest BCUT2D eigenvalue weighted by Gasteiger charge is 2.30. The van der Waals surface area contributed by atoms with E-state index in [0.29, 0.717) is 131 Å². The zero-order chi connectivity index (χ0) is 40.4. The Bertz CT molecular complexity index is 1290. The number of hydrogen-bond donors (Lipinski definition) is 1. The lowest BCUT2D eigenvalue weighted by molar-refractivity contribution is -0.142. The van der Waals surface area contributed by atoms with Gasteiger partial charge in [-0.3, -0.25) is 4.79 Å². The molecule has 0 saturated carbocycles. The van der Waals surface area contributed by atoms with Crippen LogP contribution >= 0.6 is 0 Å². The lowest BCUT2D eigenvalue weighted by Gasteiger charge is -2.13. The second-order valence-electron chi connectivity index (χ2n) is 11.3. The van der Waals surface area contributed by atoms with Crippen LogP contribution in [0.15, 0.2) is 48.5 Å². The molecule has 18 heteroatoms. The quantitative estimate of drug-likeness (QED) is 0.0766. The third-order valence-corrected chi connectivity index (χ3v) is 6.96. The van der Waals surface area contributed by atoms with Crippen molar-refractivity contribution in [3.05, 3.63) is 59.7 Å². The monoisotopic (exact) mass is 807 g/mol. The lowest BCUT2D eigenvalue weighted by atomic mass is 10.1. The molecule has 0 saturated heterocycles. The number of nitrogens with one attached hydrogen (secondary N) is 1. The molecule has 0 unspecified atom stereocenters. The van der Waals surface area contributed by atoms with E-state index in [1.165, 1.54) is 25.1 Å². The Labute approximate surface area is 326 Å². The molecule has 2 aromatic carbocycles. The minimum Gasteiger partial charge on any atom is -0.463 e. The van der Waals surface area contributed by atoms with Crippen molar-refractivity contribution in [3.8, 4) is 0 Å². The number of anilines is 2. The van der Waals surface area contributed by atoms with Crippen LogP contribution in [-0.4, -0.2) is 157 Å². The van der Waals surface area contributed by atoms with Crippen molar-refractivity contribution in [3.63, 3.8) is 0 Å². The predicted molar refractivity (Wildman–Crippen MR) is 196 cm³/mol. The normalized spacial score (nSPS) is 11.5. The molecule has 0 aromatic heterocycles. The summed E-state index contributed by atoms with van der Waals surface area (Å²) in [5.41, 5.74) is -0.107. The lowest BCUT2D eigenvalue weighted by Crippen LogP contribution is -2.16. The van der Waals surface area contributed by atoms with Crippen molar-refractivity contribution < 1.29 is 79.6 Å². The largest absolute Gasteiger partial charge is 0.463 e. The third-order valence-electron chi connectivity index (χ3n) is 6.96. The van der Waals surface area contributed by atoms with Crippen LogP contribution in [-0.2, 0) is 67.8 Å². The number of alkyl halides is 3. The van der Waals surface area contributed by atoms with E-state index < -0.39 is 17.7 Å². The Morgan fingerprint density at radius 3 is 1.21 bits per heavy atom. The number of esters is 2. The fourth-order valence-electron chi connectivity index (χ4n) is 4.30. The Hall–Kier alpha value is -3.43. The van der Waals surface area contributed by atoms with E-state index in [1.54, 1.807) is 18.2 Å². The minimum atomic E-state index is -4.48. The Balaban J connectivity index is 1.27. The molecule has 0 aliphatic carbocycles. The van der Waals surface area contributed by atoms with Gasteiger partial charge in [0, 0.05) is 12.6 Å². The molecule has 0 radical (unpaired) electrons. The van der Waals surface area contributed by atoms with Crippen LogP contribution in [0.3, 0.4) is 0 Å². The summed E-state index contributed by atoms with van der Waals surface area (Å²) < 4.78 is 103. The summed E-state index contributed by atoms with van der Waals surface area (Å²) in [5, 5.41) is 2.85. The SMILES string of the molecule is CC(=O)OCCOCCOCCOCCOCCOCCOCCOCCOCCOCCOCCOC(=O)c1ccccc1Nc1cccc(C(F)(F)F)c1. The summed E-state index contributed by atoms with van der Waals surface area (Å²) in [5.74, 6) is -0.959. The maximum Gasteiger partial charge on any atom is 0.416 e. The molecule has 15 nitrogen and oxygen atoms in total. The molecule has 56 heavy (non-hydrogen) atoms. The smallest absolute Gasteiger partial charge is 0.416 e. The van der Waals surface area contributed by atoms with Crippen molar-refractivity contribution in [1.82, 2.24) is 0 Å². The summed E-state index contributed by atoms with van der Waals surface area (Å²) in [4.78, 5) is 23.2. The van der Waals surface area contributed by atoms with Gasteiger partial charge >= 0.3 is 18.1 Å². The van der Waals surface area contributed by atoms with E-state index in [9.17, 15) is 22.8 Å². The molecule has 2 aromatic rings. The number of carbonyl (C=O) groups excluding carboxylic acids is 2. The van der Waals surface area contributed by atoms with Gasteiger partial charge in [-0.05, 0) is 30.3 Å². The van der Waals surface area contributed by atoms with E-state index in [0.717, 1.165) is 12.1 Å². The number of rotatable bonds is 36. The van der Waals surface area contributed by atoms with Crippen molar-refractivity contribution in [2.75, 3.05) is 151 Å². The topological polar surface area (TPSA) is 157 Å². The molecular formula is C38H56F3NO14. The zero-order valence-electron chi connectivity index (χ0n) is 32.0. The number of benzene rings is 2. The van der Waals surface area contributed by atoms with Crippen molar-refractivity contribution >= 4 is 23.3 Å². The van der Waals surface area contributed by atoms with E-state index in [2.05, 4.69) is 5.32 Å². The van der Waals surface area contributed by atoms with E-state index in [1.807, 2.05) is 0 Å². The van der Waals surface area contributed by atoms with Crippen LogP contribution in [0.5, 0.6) is 0 Å². The van der Waals surface area contributed by atoms with Gasteiger partial charge in [-0.25, -0.2) is 4.79 Å². The molecule has 2 rings (SSSR count). The summed E-state index contributed by atoms with van der Waals surface area (Å²) >= 11 is 0. The van der Waals surface area contributed by atoms with Gasteiger partial charge in [-0.2, -0.15) is 13.2 Å². The second kappa shape index (κ2) is 32.6. The van der Waals surface area contributed by atoms with Gasteiger partial charge in [0.15, 0.2) is 0 Å². The van der Waals surface area contributed by atoms with Crippen molar-refractivity contribution in [1.29, 1.82) is 0 Å². The standard InChI is InChI=1S/C38H56F3NO14/c1-32(43)55-29-27-53-25-23-51-21-19-49-17-15-47-13-11-45-9-10-46-12-14-48-16-18-50-20-22-52-24-26-54-28-30-56-37(44)35-7-2-3-8-36(35)42-34-6-4-5-33(31-34)38(39,40)41/h2-8,31,42H,9-30H2,1H3. The zero-order valence-corrected chi connectivity index (χ0v) is 32.0. The van der Waals surface area contributed by atoms with E-state index in [4.69, 9.17) is 56.8 Å². The first-order chi connectivity index (χ1) is 27.3. The van der Waals surface area contributed by atoms with Gasteiger partial charge in [-0.15, -0.1) is 0 Å². The van der Waals surface area contributed by atoms with Crippen LogP contribution in [0.2, 0.25) is 0 Å². The van der Waals surface area contributed by atoms with Gasteiger partial charge in [0.2, 0.25) is 0 Å². The Morgan fingerprint density at radius 1 is 0.482 bits per heavy atom. The molecular weight excluding hydrogens is 751 g/mol. The van der Waals surface area contributed by atoms with Crippen LogP contribution in [0.25, 0.3) is 0 Å². The fourth-order valence-corrected chi connectivity index (χ4v) is 4.30. The van der Waals surface area contributed by atoms with Crippen LogP contribution in [0, 0.1) is 0 Å². The molecule has 0 atom stereocenters. The molecule has 0 aliphatic heterocycles. The molecule has 318 valence electrons. The highest BCUT2D eigenvalue weighted by atomic mass is 19.4. The second-order valence-corrected chi connectivity index (χ2v) is 11.3. The summed E-state index contributed by atoms with van der Waals surface area (Å²) in [6, 6.07) is 11.1. The highest BCUT2D eigenvalue weighted by Crippen LogP contribution is 2.32. The number of carbonyl (C=O) groups is 2. The maximum absolute atomic E-state index is 13.1. The van der Waals surface area contributed by atoms with Gasteiger partial charge < -0.3 is 62.2 Å².